The zero-order valence-corrected chi connectivity index (χ0v) is 17.7. The molecule has 4 heterocycles. The molecule has 0 aliphatic carbocycles. The first kappa shape index (κ1) is 19.8. The predicted octanol–water partition coefficient (Wildman–Crippen LogP) is 2.99. The van der Waals surface area contributed by atoms with Crippen molar-refractivity contribution in [2.45, 2.75) is 19.1 Å². The molecule has 2 aliphatic heterocycles. The quantitative estimate of drug-likeness (QED) is 0.338. The number of hydrogen-bond acceptors (Lipinski definition) is 8. The fourth-order valence-electron chi connectivity index (χ4n) is 4.08. The van der Waals surface area contributed by atoms with E-state index in [1.807, 2.05) is 30.1 Å². The lowest BCUT2D eigenvalue weighted by Gasteiger charge is -2.36. The van der Waals surface area contributed by atoms with Crippen LogP contribution < -0.4 is 4.74 Å². The number of rotatable bonds is 5. The Hall–Kier alpha value is -3.11. The van der Waals surface area contributed by atoms with Gasteiger partial charge in [0.05, 0.1) is 12.8 Å². The number of hydrogen-bond donors (Lipinski definition) is 0. The van der Waals surface area contributed by atoms with Gasteiger partial charge in [-0.1, -0.05) is 11.6 Å². The Morgan fingerprint density at radius 1 is 1.32 bits per heavy atom. The summed E-state index contributed by atoms with van der Waals surface area (Å²) in [6.45, 7) is 6.52. The van der Waals surface area contributed by atoms with Gasteiger partial charge in [0, 0.05) is 48.1 Å². The van der Waals surface area contributed by atoms with Gasteiger partial charge in [-0.2, -0.15) is 5.10 Å². The molecule has 0 bridgehead atoms. The van der Waals surface area contributed by atoms with Crippen LogP contribution in [0.15, 0.2) is 40.0 Å². The van der Waals surface area contributed by atoms with Crippen LogP contribution in [0.4, 0.5) is 5.82 Å². The van der Waals surface area contributed by atoms with Crippen LogP contribution in [0.25, 0.3) is 11.0 Å². The number of aromatic nitrogens is 2. The first-order valence-corrected chi connectivity index (χ1v) is 10.4. The summed E-state index contributed by atoms with van der Waals surface area (Å²) >= 11 is 6.02. The van der Waals surface area contributed by atoms with Gasteiger partial charge in [0.2, 0.25) is 0 Å². The maximum atomic E-state index is 10.9. The minimum absolute atomic E-state index is 0.184. The summed E-state index contributed by atoms with van der Waals surface area (Å²) in [6.07, 6.45) is 3.16. The number of benzene rings is 1. The minimum atomic E-state index is -0.508. The second kappa shape index (κ2) is 7.54. The van der Waals surface area contributed by atoms with Crippen LogP contribution in [0.1, 0.15) is 12.7 Å². The third kappa shape index (κ3) is 4.08. The normalized spacial score (nSPS) is 21.7. The standard InChI is InChI=1S/C20H21ClN6O4/c1-20(13-25-11-18(27(28)29)23-19(25)31-20)12-24-4-6-26(7-5-24)22-10-16-9-14-8-15(21)2-3-17(14)30-16/h2-3,8-11H,4-7,12-13H2,1H3/b22-10+. The lowest BCUT2D eigenvalue weighted by Crippen LogP contribution is -2.51. The van der Waals surface area contributed by atoms with Crippen LogP contribution in [0.3, 0.4) is 0 Å². The molecule has 11 heteroatoms. The zero-order valence-electron chi connectivity index (χ0n) is 16.9. The molecule has 0 N–H and O–H groups in total. The molecule has 1 unspecified atom stereocenters. The number of nitrogens with zero attached hydrogens (tertiary/aromatic N) is 6. The number of fused-ring (bicyclic) bond motifs is 2. The molecule has 1 saturated heterocycles. The molecule has 2 aromatic heterocycles. The van der Waals surface area contributed by atoms with Crippen molar-refractivity contribution in [1.29, 1.82) is 0 Å². The van der Waals surface area contributed by atoms with E-state index in [1.54, 1.807) is 16.8 Å². The molecule has 1 fully saturated rings. The highest BCUT2D eigenvalue weighted by Gasteiger charge is 2.41. The molecule has 2 aliphatic rings. The Kier molecular flexibility index (Phi) is 4.82. The molecule has 31 heavy (non-hydrogen) atoms. The van der Waals surface area contributed by atoms with E-state index in [-0.39, 0.29) is 5.82 Å². The average Bonchev–Trinajstić information content (AvgIpc) is 3.38. The van der Waals surface area contributed by atoms with Gasteiger partial charge in [0.1, 0.15) is 23.1 Å². The van der Waals surface area contributed by atoms with Crippen LogP contribution in [0.2, 0.25) is 5.02 Å². The number of imidazole rings is 1. The van der Waals surface area contributed by atoms with Crippen molar-refractivity contribution in [3.05, 3.63) is 51.4 Å². The Bertz CT molecular complexity index is 1140. The molecular formula is C20H21ClN6O4. The highest BCUT2D eigenvalue weighted by Crippen LogP contribution is 2.31. The van der Waals surface area contributed by atoms with E-state index in [0.717, 1.165) is 37.1 Å². The summed E-state index contributed by atoms with van der Waals surface area (Å²) in [4.78, 5) is 16.6. The maximum Gasteiger partial charge on any atom is 0.415 e. The van der Waals surface area contributed by atoms with Crippen LogP contribution in [-0.2, 0) is 6.54 Å². The maximum absolute atomic E-state index is 10.9. The van der Waals surface area contributed by atoms with Gasteiger partial charge in [-0.15, -0.1) is 0 Å². The largest absolute Gasteiger partial charge is 0.455 e. The molecule has 0 spiro atoms. The van der Waals surface area contributed by atoms with E-state index >= 15 is 0 Å². The Labute approximate surface area is 182 Å². The summed E-state index contributed by atoms with van der Waals surface area (Å²) in [5.74, 6) is 0.506. The van der Waals surface area contributed by atoms with Crippen molar-refractivity contribution >= 4 is 34.6 Å². The molecule has 3 aromatic rings. The number of hydrazone groups is 1. The fraction of sp³-hybridized carbons (Fsp3) is 0.400. The van der Waals surface area contributed by atoms with Gasteiger partial charge in [0.15, 0.2) is 0 Å². The first-order valence-electron chi connectivity index (χ1n) is 9.98. The second-order valence-electron chi connectivity index (χ2n) is 8.12. The SMILES string of the molecule is CC1(CN2CCN(/N=C/c3cc4cc(Cl)ccc4o3)CC2)Cn2cc([N+](=O)[O-])nc2O1. The molecule has 1 atom stereocenters. The number of ether oxygens (including phenoxy) is 1. The van der Waals surface area contributed by atoms with Gasteiger partial charge >= 0.3 is 11.8 Å². The predicted molar refractivity (Wildman–Crippen MR) is 115 cm³/mol. The molecule has 5 rings (SSSR count). The van der Waals surface area contributed by atoms with E-state index < -0.39 is 10.5 Å². The highest BCUT2D eigenvalue weighted by molar-refractivity contribution is 6.31. The second-order valence-corrected chi connectivity index (χ2v) is 8.56. The first-order chi connectivity index (χ1) is 14.9. The molecular weight excluding hydrogens is 424 g/mol. The Morgan fingerprint density at radius 3 is 2.87 bits per heavy atom. The summed E-state index contributed by atoms with van der Waals surface area (Å²) in [5.41, 5.74) is 0.323. The van der Waals surface area contributed by atoms with E-state index in [9.17, 15) is 10.1 Å². The molecule has 162 valence electrons. The lowest BCUT2D eigenvalue weighted by molar-refractivity contribution is -0.389. The number of furan rings is 1. The minimum Gasteiger partial charge on any atom is -0.455 e. The number of piperazine rings is 1. The summed E-state index contributed by atoms with van der Waals surface area (Å²) in [7, 11) is 0. The van der Waals surface area contributed by atoms with E-state index in [0.29, 0.717) is 29.9 Å². The van der Waals surface area contributed by atoms with Crippen LogP contribution in [-0.4, -0.2) is 68.9 Å². The third-order valence-corrected chi connectivity index (χ3v) is 5.74. The lowest BCUT2D eigenvalue weighted by atomic mass is 10.1. The smallest absolute Gasteiger partial charge is 0.415 e. The van der Waals surface area contributed by atoms with Gasteiger partial charge in [0.25, 0.3) is 0 Å². The Morgan fingerprint density at radius 2 is 2.13 bits per heavy atom. The van der Waals surface area contributed by atoms with E-state index in [4.69, 9.17) is 20.8 Å². The molecule has 0 amide bonds. The van der Waals surface area contributed by atoms with Gasteiger partial charge in [-0.25, -0.2) is 0 Å². The Balaban J connectivity index is 1.14. The van der Waals surface area contributed by atoms with Gasteiger partial charge in [-0.3, -0.25) is 14.5 Å². The van der Waals surface area contributed by atoms with Crippen LogP contribution in [0.5, 0.6) is 6.01 Å². The summed E-state index contributed by atoms with van der Waals surface area (Å²) < 4.78 is 13.4. The average molecular weight is 445 g/mol. The van der Waals surface area contributed by atoms with E-state index in [1.165, 1.54) is 6.20 Å². The number of halogens is 1. The van der Waals surface area contributed by atoms with Crippen molar-refractivity contribution in [1.82, 2.24) is 19.5 Å². The van der Waals surface area contributed by atoms with Crippen molar-refractivity contribution in [3.63, 3.8) is 0 Å². The fourth-order valence-corrected chi connectivity index (χ4v) is 4.27. The topological polar surface area (TPSA) is 102 Å². The molecule has 10 nitrogen and oxygen atoms in total. The third-order valence-electron chi connectivity index (χ3n) is 5.51. The zero-order chi connectivity index (χ0) is 21.6. The molecule has 0 saturated carbocycles. The van der Waals surface area contributed by atoms with Gasteiger partial charge in [-0.05, 0) is 36.1 Å². The van der Waals surface area contributed by atoms with Gasteiger partial charge < -0.3 is 19.3 Å². The van der Waals surface area contributed by atoms with Crippen LogP contribution in [0, 0.1) is 10.1 Å². The van der Waals surface area contributed by atoms with Crippen molar-refractivity contribution in [2.24, 2.45) is 5.10 Å². The summed E-state index contributed by atoms with van der Waals surface area (Å²) in [5, 5.41) is 19.1. The highest BCUT2D eigenvalue weighted by atomic mass is 35.5. The van der Waals surface area contributed by atoms with E-state index in [2.05, 4.69) is 15.0 Å². The van der Waals surface area contributed by atoms with Crippen molar-refractivity contribution in [3.8, 4) is 6.01 Å². The van der Waals surface area contributed by atoms with Crippen molar-refractivity contribution in [2.75, 3.05) is 32.7 Å². The monoisotopic (exact) mass is 444 g/mol. The summed E-state index contributed by atoms with van der Waals surface area (Å²) in [6, 6.07) is 7.75. The van der Waals surface area contributed by atoms with Crippen molar-refractivity contribution < 1.29 is 14.1 Å². The number of nitro groups is 1. The molecule has 0 radical (unpaired) electrons. The van der Waals surface area contributed by atoms with Crippen LogP contribution >= 0.6 is 11.6 Å². The molecule has 1 aromatic carbocycles.